The first-order valence-corrected chi connectivity index (χ1v) is 10.2. The highest BCUT2D eigenvalue weighted by molar-refractivity contribution is 5.86. The van der Waals surface area contributed by atoms with Crippen LogP contribution >= 0.6 is 0 Å². The summed E-state index contributed by atoms with van der Waals surface area (Å²) in [5, 5.41) is 9.00. The molecule has 8 nitrogen and oxygen atoms in total. The Balaban J connectivity index is 1.80. The number of hydrogen-bond acceptors (Lipinski definition) is 7. The van der Waals surface area contributed by atoms with Gasteiger partial charge in [0.2, 0.25) is 5.75 Å². The van der Waals surface area contributed by atoms with Crippen LogP contribution in [-0.2, 0) is 12.8 Å². The number of aromatic nitrogens is 3. The molecule has 4 aromatic rings. The van der Waals surface area contributed by atoms with E-state index in [1.54, 1.807) is 34.6 Å². The van der Waals surface area contributed by atoms with Gasteiger partial charge in [-0.3, -0.25) is 0 Å². The topological polar surface area (TPSA) is 80.8 Å². The predicted molar refractivity (Wildman–Crippen MR) is 118 cm³/mol. The Hall–Kier alpha value is -3.94. The Morgan fingerprint density at radius 1 is 0.875 bits per heavy atom. The number of fused-ring (bicyclic) bond motifs is 3. The van der Waals surface area contributed by atoms with Crippen molar-refractivity contribution in [3.05, 3.63) is 53.9 Å². The van der Waals surface area contributed by atoms with E-state index in [-0.39, 0.29) is 0 Å². The minimum Gasteiger partial charge on any atom is -0.497 e. The molecule has 0 amide bonds. The van der Waals surface area contributed by atoms with E-state index in [1.807, 2.05) is 41.1 Å². The highest BCUT2D eigenvalue weighted by atomic mass is 16.5. The lowest BCUT2D eigenvalue weighted by Crippen LogP contribution is -2.01. The average Bonchev–Trinajstić information content (AvgIpc) is 3.47. The molecular weight excluding hydrogens is 410 g/mol. The van der Waals surface area contributed by atoms with E-state index in [9.17, 15) is 0 Å². The molecule has 0 N–H and O–H groups in total. The Labute approximate surface area is 185 Å². The molecule has 5 rings (SSSR count). The molecule has 0 atom stereocenters. The van der Waals surface area contributed by atoms with E-state index in [0.29, 0.717) is 17.2 Å². The molecule has 32 heavy (non-hydrogen) atoms. The summed E-state index contributed by atoms with van der Waals surface area (Å²) in [4.78, 5) is 0. The van der Waals surface area contributed by atoms with E-state index >= 15 is 0 Å². The zero-order valence-corrected chi connectivity index (χ0v) is 18.3. The van der Waals surface area contributed by atoms with Crippen LogP contribution in [0.15, 0.2) is 47.1 Å². The van der Waals surface area contributed by atoms with Gasteiger partial charge in [-0.25, -0.2) is 4.68 Å². The number of hydrogen-bond donors (Lipinski definition) is 0. The quantitative estimate of drug-likeness (QED) is 0.448. The van der Waals surface area contributed by atoms with Crippen LogP contribution in [0.2, 0.25) is 0 Å². The van der Waals surface area contributed by atoms with Crippen molar-refractivity contribution in [1.82, 2.24) is 14.9 Å². The number of aryl methyl sites for hydroxylation is 2. The normalized spacial score (nSPS) is 12.1. The number of rotatable bonds is 6. The molecule has 0 fully saturated rings. The van der Waals surface area contributed by atoms with Crippen molar-refractivity contribution in [3.63, 3.8) is 0 Å². The van der Waals surface area contributed by atoms with Gasteiger partial charge in [0.1, 0.15) is 5.75 Å². The average molecular weight is 433 g/mol. The van der Waals surface area contributed by atoms with Crippen molar-refractivity contribution in [2.45, 2.75) is 12.8 Å². The molecule has 0 radical (unpaired) electrons. The van der Waals surface area contributed by atoms with Crippen LogP contribution < -0.4 is 18.9 Å². The molecule has 2 aromatic carbocycles. The minimum atomic E-state index is 0.531. The van der Waals surface area contributed by atoms with Crippen LogP contribution in [0.5, 0.6) is 23.0 Å². The molecule has 2 aromatic heterocycles. The Kier molecular flexibility index (Phi) is 4.97. The van der Waals surface area contributed by atoms with Crippen LogP contribution in [0, 0.1) is 0 Å². The summed E-state index contributed by atoms with van der Waals surface area (Å²) < 4.78 is 29.6. The third kappa shape index (κ3) is 3.07. The molecule has 164 valence electrons. The molecule has 0 saturated heterocycles. The third-order valence-corrected chi connectivity index (χ3v) is 5.72. The molecular formula is C24H23N3O5. The summed E-state index contributed by atoms with van der Waals surface area (Å²) in [6.45, 7) is 0. The second-order valence-electron chi connectivity index (χ2n) is 7.37. The fourth-order valence-corrected chi connectivity index (χ4v) is 4.17. The van der Waals surface area contributed by atoms with Gasteiger partial charge in [-0.1, -0.05) is 5.16 Å². The fraction of sp³-hybridized carbons (Fsp3) is 0.250. The SMILES string of the molecule is COc1ccc(-n2nc3c(c2-c2cc(OC)c(OC)c(OC)c2)-c2oncc2CC3)cc1. The summed E-state index contributed by atoms with van der Waals surface area (Å²) in [5.74, 6) is 3.18. The molecule has 0 aliphatic heterocycles. The fourth-order valence-electron chi connectivity index (χ4n) is 4.17. The van der Waals surface area contributed by atoms with E-state index in [1.165, 1.54) is 0 Å². The van der Waals surface area contributed by atoms with Crippen molar-refractivity contribution in [2.75, 3.05) is 28.4 Å². The van der Waals surface area contributed by atoms with Gasteiger partial charge in [-0.15, -0.1) is 0 Å². The van der Waals surface area contributed by atoms with Gasteiger partial charge in [0.15, 0.2) is 17.3 Å². The van der Waals surface area contributed by atoms with Gasteiger partial charge in [0, 0.05) is 11.1 Å². The van der Waals surface area contributed by atoms with Crippen LogP contribution in [-0.4, -0.2) is 43.4 Å². The van der Waals surface area contributed by atoms with Gasteiger partial charge in [0.25, 0.3) is 0 Å². The second-order valence-corrected chi connectivity index (χ2v) is 7.37. The molecule has 1 aliphatic rings. The van der Waals surface area contributed by atoms with E-state index in [2.05, 4.69) is 5.16 Å². The molecule has 8 heteroatoms. The molecule has 0 spiro atoms. The zero-order valence-electron chi connectivity index (χ0n) is 18.3. The third-order valence-electron chi connectivity index (χ3n) is 5.72. The number of benzene rings is 2. The highest BCUT2D eigenvalue weighted by Gasteiger charge is 2.31. The lowest BCUT2D eigenvalue weighted by Gasteiger charge is -2.16. The first-order chi connectivity index (χ1) is 15.7. The first-order valence-electron chi connectivity index (χ1n) is 10.2. The highest BCUT2D eigenvalue weighted by Crippen LogP contribution is 2.46. The standard InChI is InChI=1S/C24H23N3O5/c1-28-17-8-6-16(7-9-17)27-22(15-11-19(29-2)24(31-4)20(12-15)30-3)21-18(26-27)10-5-14-13-25-32-23(14)21/h6-9,11-13H,5,10H2,1-4H3. The second kappa shape index (κ2) is 7.96. The molecule has 0 saturated carbocycles. The van der Waals surface area contributed by atoms with Gasteiger partial charge in [0.05, 0.1) is 57.3 Å². The van der Waals surface area contributed by atoms with Crippen molar-refractivity contribution < 1.29 is 23.5 Å². The minimum absolute atomic E-state index is 0.531. The Morgan fingerprint density at radius 3 is 2.22 bits per heavy atom. The lowest BCUT2D eigenvalue weighted by molar-refractivity contribution is 0.324. The van der Waals surface area contributed by atoms with Crippen LogP contribution in [0.1, 0.15) is 11.3 Å². The zero-order chi connectivity index (χ0) is 22.2. The molecule has 1 aliphatic carbocycles. The first kappa shape index (κ1) is 20.0. The maximum absolute atomic E-state index is 5.68. The molecule has 0 bridgehead atoms. The Morgan fingerprint density at radius 2 is 1.59 bits per heavy atom. The van der Waals surface area contributed by atoms with E-state index < -0.39 is 0 Å². The predicted octanol–water partition coefficient (Wildman–Crippen LogP) is 4.33. The lowest BCUT2D eigenvalue weighted by atomic mass is 9.92. The summed E-state index contributed by atoms with van der Waals surface area (Å²) >= 11 is 0. The summed E-state index contributed by atoms with van der Waals surface area (Å²) in [5.41, 5.74) is 5.56. The van der Waals surface area contributed by atoms with Crippen LogP contribution in [0.3, 0.4) is 0 Å². The smallest absolute Gasteiger partial charge is 0.203 e. The van der Waals surface area contributed by atoms with E-state index in [0.717, 1.165) is 58.1 Å². The van der Waals surface area contributed by atoms with Gasteiger partial charge in [-0.2, -0.15) is 5.10 Å². The largest absolute Gasteiger partial charge is 0.497 e. The summed E-state index contributed by atoms with van der Waals surface area (Å²) in [6, 6.07) is 11.6. The maximum atomic E-state index is 5.68. The van der Waals surface area contributed by atoms with E-state index in [4.69, 9.17) is 28.6 Å². The number of methoxy groups -OCH3 is 4. The summed E-state index contributed by atoms with van der Waals surface area (Å²) in [6.07, 6.45) is 3.41. The number of ether oxygens (including phenoxy) is 4. The van der Waals surface area contributed by atoms with Gasteiger partial charge < -0.3 is 23.5 Å². The maximum Gasteiger partial charge on any atom is 0.203 e. The molecule has 2 heterocycles. The van der Waals surface area contributed by atoms with Crippen molar-refractivity contribution in [3.8, 4) is 51.3 Å². The molecule has 0 unspecified atom stereocenters. The Bertz CT molecular complexity index is 1250. The van der Waals surface area contributed by atoms with Crippen molar-refractivity contribution in [2.24, 2.45) is 0 Å². The summed E-state index contributed by atoms with van der Waals surface area (Å²) in [7, 11) is 6.44. The van der Waals surface area contributed by atoms with Crippen molar-refractivity contribution in [1.29, 1.82) is 0 Å². The van der Waals surface area contributed by atoms with Crippen LogP contribution in [0.25, 0.3) is 28.3 Å². The van der Waals surface area contributed by atoms with Crippen LogP contribution in [0.4, 0.5) is 0 Å². The van der Waals surface area contributed by atoms with Crippen molar-refractivity contribution >= 4 is 0 Å². The van der Waals surface area contributed by atoms with Gasteiger partial charge in [-0.05, 0) is 49.2 Å². The monoisotopic (exact) mass is 433 g/mol. The number of nitrogens with zero attached hydrogens (tertiary/aromatic N) is 3. The van der Waals surface area contributed by atoms with Gasteiger partial charge >= 0.3 is 0 Å².